The topological polar surface area (TPSA) is 74.2 Å². The Morgan fingerprint density at radius 3 is 2.21 bits per heavy atom. The summed E-state index contributed by atoms with van der Waals surface area (Å²) < 4.78 is 0. The summed E-state index contributed by atoms with van der Waals surface area (Å²) in [6, 6.07) is 10.8. The maximum Gasteiger partial charge on any atom is 0.303 e. The lowest BCUT2D eigenvalue weighted by Crippen LogP contribution is -2.59. The van der Waals surface area contributed by atoms with Gasteiger partial charge in [-0.2, -0.15) is 19.6 Å². The second-order valence-electron chi connectivity index (χ2n) is 15.8. The van der Waals surface area contributed by atoms with Crippen LogP contribution in [0.25, 0.3) is 0 Å². The van der Waals surface area contributed by atoms with Gasteiger partial charge in [0.05, 0.1) is 0 Å². The van der Waals surface area contributed by atoms with Crippen LogP contribution in [0.1, 0.15) is 129 Å². The molecular formula is C36H52O6. The van der Waals surface area contributed by atoms with Crippen LogP contribution in [0.4, 0.5) is 0 Å². The molecule has 1 aromatic carbocycles. The molecule has 1 aromatic rings. The molecule has 5 aliphatic carbocycles. The number of aliphatic carboxylic acids is 1. The van der Waals surface area contributed by atoms with Crippen LogP contribution in [0, 0.1) is 46.3 Å². The number of carboxylic acids is 1. The molecule has 5 unspecified atom stereocenters. The largest absolute Gasteiger partial charge is 0.481 e. The molecule has 1 aliphatic heterocycles. The molecule has 6 heteroatoms. The Hall–Kier alpha value is -1.47. The number of hydrogen-bond donors (Lipinski definition) is 1. The van der Waals surface area contributed by atoms with E-state index in [4.69, 9.17) is 19.6 Å². The molecule has 1 saturated heterocycles. The highest BCUT2D eigenvalue weighted by atomic mass is 17.4. The molecule has 6 aliphatic rings. The number of carboxylic acid groups (broad SMARTS) is 1. The zero-order valence-electron chi connectivity index (χ0n) is 26.0. The first kappa shape index (κ1) is 29.3. The fraction of sp³-hybridized carbons (Fsp3) is 0.806. The zero-order chi connectivity index (χ0) is 29.2. The van der Waals surface area contributed by atoms with E-state index in [0.717, 1.165) is 69.1 Å². The van der Waals surface area contributed by atoms with Gasteiger partial charge in [-0.1, -0.05) is 51.1 Å². The Morgan fingerprint density at radius 1 is 0.810 bits per heavy atom. The summed E-state index contributed by atoms with van der Waals surface area (Å²) in [5.74, 6) is 2.36. The van der Waals surface area contributed by atoms with Gasteiger partial charge in [0, 0.05) is 32.1 Å². The Labute approximate surface area is 252 Å². The minimum Gasteiger partial charge on any atom is -0.481 e. The summed E-state index contributed by atoms with van der Waals surface area (Å²) in [5.41, 5.74) is 2.06. The highest BCUT2D eigenvalue weighted by molar-refractivity contribution is 5.66. The van der Waals surface area contributed by atoms with Crippen molar-refractivity contribution in [2.45, 2.75) is 135 Å². The van der Waals surface area contributed by atoms with Crippen LogP contribution < -0.4 is 0 Å². The molecule has 42 heavy (non-hydrogen) atoms. The van der Waals surface area contributed by atoms with Gasteiger partial charge in [0.1, 0.15) is 0 Å². The quantitative estimate of drug-likeness (QED) is 0.351. The SMILES string of the molecule is CC(CCC(=O)O)C1CCC2C3CC[C@@H]4CC5(CC[C@]4(C)C3CC[C@]12C)OOC1(CCC(c2ccccc2)CC1)OO5. The number of hydrogen-bond acceptors (Lipinski definition) is 5. The average molecular weight is 581 g/mol. The molecule has 0 bridgehead atoms. The molecule has 0 radical (unpaired) electrons. The zero-order valence-corrected chi connectivity index (χ0v) is 26.0. The highest BCUT2D eigenvalue weighted by Gasteiger charge is 2.63. The molecule has 7 rings (SSSR count). The maximum absolute atomic E-state index is 11.3. The van der Waals surface area contributed by atoms with E-state index in [2.05, 4.69) is 51.1 Å². The summed E-state index contributed by atoms with van der Waals surface area (Å²) in [6.45, 7) is 7.46. The van der Waals surface area contributed by atoms with E-state index in [1.807, 2.05) is 0 Å². The first-order valence-corrected chi connectivity index (χ1v) is 17.2. The third-order valence-electron chi connectivity index (χ3n) is 14.0. The van der Waals surface area contributed by atoms with Crippen molar-refractivity contribution in [3.05, 3.63) is 35.9 Å². The van der Waals surface area contributed by atoms with Gasteiger partial charge >= 0.3 is 5.97 Å². The van der Waals surface area contributed by atoms with Gasteiger partial charge in [0.25, 0.3) is 0 Å². The standard InChI is InChI=1S/C36H52O6/c1-24(9-14-32(37)38)29-12-13-30-28-11-10-27-23-36(22-21-33(27,2)31(28)17-18-34(29,30)3)41-39-35(40-42-36)19-15-26(16-20-35)25-7-5-4-6-8-25/h4-8,24,26-31H,9-23H2,1-3H3,(H,37,38)/t24?,26?,27-,28?,29?,30?,31?,33+,34-,35?,36?/m1/s1. The van der Waals surface area contributed by atoms with E-state index < -0.39 is 17.5 Å². The fourth-order valence-corrected chi connectivity index (χ4v) is 11.5. The maximum atomic E-state index is 11.3. The summed E-state index contributed by atoms with van der Waals surface area (Å²) in [6.07, 6.45) is 15.2. The molecule has 5 saturated carbocycles. The predicted molar refractivity (Wildman–Crippen MR) is 159 cm³/mol. The lowest BCUT2D eigenvalue weighted by molar-refractivity contribution is -0.665. The van der Waals surface area contributed by atoms with Crippen molar-refractivity contribution in [2.75, 3.05) is 0 Å². The van der Waals surface area contributed by atoms with Crippen LogP contribution in [-0.2, 0) is 24.3 Å². The Balaban J connectivity index is 0.974. The van der Waals surface area contributed by atoms with Gasteiger partial charge in [0.2, 0.25) is 11.6 Å². The van der Waals surface area contributed by atoms with Crippen LogP contribution in [0.2, 0.25) is 0 Å². The van der Waals surface area contributed by atoms with E-state index in [1.54, 1.807) is 0 Å². The molecular weight excluding hydrogens is 528 g/mol. The summed E-state index contributed by atoms with van der Waals surface area (Å²) in [4.78, 5) is 36.1. The predicted octanol–water partition coefficient (Wildman–Crippen LogP) is 8.81. The average Bonchev–Trinajstić information content (AvgIpc) is 3.36. The summed E-state index contributed by atoms with van der Waals surface area (Å²) in [5, 5.41) is 9.27. The molecule has 1 heterocycles. The lowest BCUT2D eigenvalue weighted by Gasteiger charge is -2.62. The smallest absolute Gasteiger partial charge is 0.303 e. The molecule has 8 atom stereocenters. The van der Waals surface area contributed by atoms with Crippen LogP contribution in [0.3, 0.4) is 0 Å². The Bertz CT molecular complexity index is 1120. The minimum absolute atomic E-state index is 0.304. The van der Waals surface area contributed by atoms with Crippen LogP contribution in [-0.4, -0.2) is 22.7 Å². The minimum atomic E-state index is -0.778. The first-order chi connectivity index (χ1) is 20.2. The summed E-state index contributed by atoms with van der Waals surface area (Å²) >= 11 is 0. The molecule has 6 nitrogen and oxygen atoms in total. The van der Waals surface area contributed by atoms with Gasteiger partial charge in [0.15, 0.2) is 0 Å². The highest BCUT2D eigenvalue weighted by Crippen LogP contribution is 2.69. The first-order valence-electron chi connectivity index (χ1n) is 17.2. The Morgan fingerprint density at radius 2 is 1.50 bits per heavy atom. The third-order valence-corrected chi connectivity index (χ3v) is 14.0. The molecule has 0 amide bonds. The van der Waals surface area contributed by atoms with Crippen molar-refractivity contribution in [1.29, 1.82) is 0 Å². The Kier molecular flexibility index (Phi) is 7.56. The van der Waals surface area contributed by atoms with Gasteiger partial charge in [-0.05, 0) is 122 Å². The number of fused-ring (bicyclic) bond motifs is 5. The number of rotatable bonds is 5. The monoisotopic (exact) mass is 580 g/mol. The second-order valence-corrected chi connectivity index (χ2v) is 15.8. The van der Waals surface area contributed by atoms with Gasteiger partial charge in [-0.3, -0.25) is 4.79 Å². The van der Waals surface area contributed by atoms with Gasteiger partial charge < -0.3 is 5.11 Å². The van der Waals surface area contributed by atoms with Crippen molar-refractivity contribution in [1.82, 2.24) is 0 Å². The lowest BCUT2D eigenvalue weighted by atomic mass is 9.44. The van der Waals surface area contributed by atoms with E-state index >= 15 is 0 Å². The molecule has 1 N–H and O–H groups in total. The van der Waals surface area contributed by atoms with Gasteiger partial charge in [-0.25, -0.2) is 0 Å². The molecule has 232 valence electrons. The number of benzene rings is 1. The molecule has 2 spiro atoms. The van der Waals surface area contributed by atoms with Crippen molar-refractivity contribution in [3.63, 3.8) is 0 Å². The fourth-order valence-electron chi connectivity index (χ4n) is 11.5. The third kappa shape index (κ3) is 4.87. The van der Waals surface area contributed by atoms with E-state index in [1.165, 1.54) is 44.1 Å². The van der Waals surface area contributed by atoms with Crippen LogP contribution >= 0.6 is 0 Å². The van der Waals surface area contributed by atoms with Crippen molar-refractivity contribution in [3.8, 4) is 0 Å². The van der Waals surface area contributed by atoms with Crippen molar-refractivity contribution < 1.29 is 29.5 Å². The summed E-state index contributed by atoms with van der Waals surface area (Å²) in [7, 11) is 0. The van der Waals surface area contributed by atoms with Crippen molar-refractivity contribution in [2.24, 2.45) is 46.3 Å². The van der Waals surface area contributed by atoms with Crippen LogP contribution in [0.5, 0.6) is 0 Å². The van der Waals surface area contributed by atoms with Crippen LogP contribution in [0.15, 0.2) is 30.3 Å². The second kappa shape index (κ2) is 10.9. The van der Waals surface area contributed by atoms with E-state index in [-0.39, 0.29) is 0 Å². The molecule has 0 aromatic heterocycles. The van der Waals surface area contributed by atoms with E-state index in [0.29, 0.717) is 40.9 Å². The van der Waals surface area contributed by atoms with Crippen molar-refractivity contribution >= 4 is 5.97 Å². The number of carbonyl (C=O) groups is 1. The molecule has 6 fully saturated rings. The normalized spacial score (nSPS) is 47.4. The van der Waals surface area contributed by atoms with E-state index in [9.17, 15) is 9.90 Å². The van der Waals surface area contributed by atoms with Gasteiger partial charge in [-0.15, -0.1) is 0 Å².